The van der Waals surface area contributed by atoms with Gasteiger partial charge in [-0.2, -0.15) is 0 Å². The summed E-state index contributed by atoms with van der Waals surface area (Å²) < 4.78 is 4.96. The van der Waals surface area contributed by atoms with Crippen molar-refractivity contribution in [1.29, 1.82) is 0 Å². The number of benzene rings is 2. The molecule has 4 heteroatoms. The maximum absolute atomic E-state index is 12.6. The number of carbonyl (C=O) groups is 2. The number of aromatic nitrogens is 1. The van der Waals surface area contributed by atoms with E-state index in [1.165, 1.54) is 12.3 Å². The summed E-state index contributed by atoms with van der Waals surface area (Å²) in [5.74, 6) is -0.573. The molecule has 1 aromatic heterocycles. The highest BCUT2D eigenvalue weighted by molar-refractivity contribution is 6.00. The number of rotatable bonds is 5. The lowest BCUT2D eigenvalue weighted by molar-refractivity contribution is 0.0526. The number of hydrogen-bond acceptors (Lipinski definition) is 4. The summed E-state index contributed by atoms with van der Waals surface area (Å²) in [5, 5.41) is 2.14. The Hall–Kier alpha value is -3.01. The van der Waals surface area contributed by atoms with Crippen molar-refractivity contribution in [1.82, 2.24) is 4.98 Å². The summed E-state index contributed by atoms with van der Waals surface area (Å²) in [4.78, 5) is 28.5. The van der Waals surface area contributed by atoms with Crippen LogP contribution in [-0.4, -0.2) is 23.3 Å². The molecule has 4 nitrogen and oxygen atoms in total. The zero-order valence-electron chi connectivity index (χ0n) is 13.4. The van der Waals surface area contributed by atoms with Crippen molar-refractivity contribution in [2.75, 3.05) is 6.61 Å². The maximum Gasteiger partial charge on any atom is 0.338 e. The van der Waals surface area contributed by atoms with E-state index in [0.717, 1.165) is 16.3 Å². The van der Waals surface area contributed by atoms with Crippen molar-refractivity contribution < 1.29 is 14.3 Å². The molecule has 0 spiro atoms. The summed E-state index contributed by atoms with van der Waals surface area (Å²) in [6.45, 7) is 2.03. The molecule has 120 valence electrons. The molecule has 0 unspecified atom stereocenters. The van der Waals surface area contributed by atoms with Crippen LogP contribution in [0.5, 0.6) is 0 Å². The van der Waals surface area contributed by atoms with Gasteiger partial charge in [0, 0.05) is 12.6 Å². The van der Waals surface area contributed by atoms with Gasteiger partial charge in [-0.15, -0.1) is 0 Å². The maximum atomic E-state index is 12.6. The standard InChI is InChI=1S/C20H17NO3/c1-2-24-20(23)16-10-11-21-18(12-16)19(22)13-15-8-5-7-14-6-3-4-9-17(14)15/h3-12H,2,13H2,1H3. The van der Waals surface area contributed by atoms with Crippen molar-refractivity contribution in [2.24, 2.45) is 0 Å². The number of hydrogen-bond donors (Lipinski definition) is 0. The molecule has 0 radical (unpaired) electrons. The lowest BCUT2D eigenvalue weighted by atomic mass is 9.99. The first kappa shape index (κ1) is 15.9. The first-order chi connectivity index (χ1) is 11.7. The minimum Gasteiger partial charge on any atom is -0.462 e. The topological polar surface area (TPSA) is 56.3 Å². The molecule has 0 fully saturated rings. The molecule has 3 rings (SSSR count). The predicted octanol–water partition coefficient (Wildman–Crippen LogP) is 3.84. The molecule has 0 saturated carbocycles. The fraction of sp³-hybridized carbons (Fsp3) is 0.150. The van der Waals surface area contributed by atoms with Crippen molar-refractivity contribution in [2.45, 2.75) is 13.3 Å². The molecule has 24 heavy (non-hydrogen) atoms. The number of esters is 1. The molecule has 0 bridgehead atoms. The van der Waals surface area contributed by atoms with E-state index >= 15 is 0 Å². The number of nitrogens with zero attached hydrogens (tertiary/aromatic N) is 1. The second-order valence-corrected chi connectivity index (χ2v) is 5.39. The van der Waals surface area contributed by atoms with E-state index in [4.69, 9.17) is 4.74 Å². The Morgan fingerprint density at radius 1 is 1.04 bits per heavy atom. The second-order valence-electron chi connectivity index (χ2n) is 5.39. The van der Waals surface area contributed by atoms with Crippen molar-refractivity contribution in [3.63, 3.8) is 0 Å². The highest BCUT2D eigenvalue weighted by atomic mass is 16.5. The Bertz CT molecular complexity index is 897. The van der Waals surface area contributed by atoms with Gasteiger partial charge in [0.05, 0.1) is 12.2 Å². The average Bonchev–Trinajstić information content (AvgIpc) is 2.62. The smallest absolute Gasteiger partial charge is 0.338 e. The van der Waals surface area contributed by atoms with E-state index in [1.54, 1.807) is 13.0 Å². The SMILES string of the molecule is CCOC(=O)c1ccnc(C(=O)Cc2cccc3ccccc23)c1. The van der Waals surface area contributed by atoms with Crippen LogP contribution < -0.4 is 0 Å². The molecule has 0 N–H and O–H groups in total. The predicted molar refractivity (Wildman–Crippen MR) is 92.2 cm³/mol. The largest absolute Gasteiger partial charge is 0.462 e. The Labute approximate surface area is 140 Å². The van der Waals surface area contributed by atoms with Gasteiger partial charge in [0.25, 0.3) is 0 Å². The van der Waals surface area contributed by atoms with Crippen LogP contribution in [0.15, 0.2) is 60.8 Å². The van der Waals surface area contributed by atoms with Gasteiger partial charge in [-0.3, -0.25) is 9.78 Å². The van der Waals surface area contributed by atoms with Gasteiger partial charge in [0.15, 0.2) is 5.78 Å². The monoisotopic (exact) mass is 319 g/mol. The van der Waals surface area contributed by atoms with E-state index in [0.29, 0.717) is 12.2 Å². The van der Waals surface area contributed by atoms with Gasteiger partial charge in [0.1, 0.15) is 5.69 Å². The number of ether oxygens (including phenoxy) is 1. The number of carbonyl (C=O) groups excluding carboxylic acids is 2. The minimum absolute atomic E-state index is 0.127. The summed E-state index contributed by atoms with van der Waals surface area (Å²) in [5.41, 5.74) is 1.56. The molecular weight excluding hydrogens is 302 g/mol. The third-order valence-corrected chi connectivity index (χ3v) is 3.79. The van der Waals surface area contributed by atoms with Crippen molar-refractivity contribution in [3.05, 3.63) is 77.6 Å². The van der Waals surface area contributed by atoms with Crippen LogP contribution >= 0.6 is 0 Å². The Balaban J connectivity index is 1.87. The van der Waals surface area contributed by atoms with E-state index in [9.17, 15) is 9.59 Å². The molecule has 0 aliphatic rings. The fourth-order valence-corrected chi connectivity index (χ4v) is 2.63. The molecule has 2 aromatic carbocycles. The van der Waals surface area contributed by atoms with E-state index in [-0.39, 0.29) is 17.9 Å². The third kappa shape index (κ3) is 3.33. The number of Topliss-reactive ketones (excluding diaryl/α,β-unsaturated/α-hetero) is 1. The normalized spacial score (nSPS) is 10.5. The van der Waals surface area contributed by atoms with Gasteiger partial charge in [-0.05, 0) is 35.4 Å². The van der Waals surface area contributed by atoms with Crippen LogP contribution in [0.4, 0.5) is 0 Å². The lowest BCUT2D eigenvalue weighted by Gasteiger charge is -2.07. The highest BCUT2D eigenvalue weighted by Crippen LogP contribution is 2.20. The summed E-state index contributed by atoms with van der Waals surface area (Å²) >= 11 is 0. The number of ketones is 1. The van der Waals surface area contributed by atoms with Crippen LogP contribution in [0.2, 0.25) is 0 Å². The second kappa shape index (κ2) is 7.04. The summed E-state index contributed by atoms with van der Waals surface area (Å²) in [6, 6.07) is 16.9. The first-order valence-electron chi connectivity index (χ1n) is 7.82. The van der Waals surface area contributed by atoms with Crippen molar-refractivity contribution >= 4 is 22.5 Å². The Morgan fingerprint density at radius 3 is 2.67 bits per heavy atom. The quantitative estimate of drug-likeness (QED) is 0.529. The van der Waals surface area contributed by atoms with Crippen LogP contribution in [0.1, 0.15) is 33.3 Å². The van der Waals surface area contributed by atoms with Gasteiger partial charge in [-0.25, -0.2) is 4.79 Å². The Kier molecular flexibility index (Phi) is 4.66. The number of fused-ring (bicyclic) bond motifs is 1. The highest BCUT2D eigenvalue weighted by Gasteiger charge is 2.14. The zero-order valence-corrected chi connectivity index (χ0v) is 13.4. The number of pyridine rings is 1. The first-order valence-corrected chi connectivity index (χ1v) is 7.82. The lowest BCUT2D eigenvalue weighted by Crippen LogP contribution is -2.10. The van der Waals surface area contributed by atoms with Crippen molar-refractivity contribution in [3.8, 4) is 0 Å². The van der Waals surface area contributed by atoms with Gasteiger partial charge in [-0.1, -0.05) is 42.5 Å². The van der Waals surface area contributed by atoms with Crippen LogP contribution in [0.25, 0.3) is 10.8 Å². The minimum atomic E-state index is -0.445. The molecule has 1 heterocycles. The Morgan fingerprint density at radius 2 is 1.83 bits per heavy atom. The van der Waals surface area contributed by atoms with Crippen LogP contribution in [-0.2, 0) is 11.2 Å². The molecule has 3 aromatic rings. The zero-order chi connectivity index (χ0) is 16.9. The molecule has 0 saturated heterocycles. The van der Waals surface area contributed by atoms with Gasteiger partial charge >= 0.3 is 5.97 Å². The fourth-order valence-electron chi connectivity index (χ4n) is 2.63. The molecule has 0 atom stereocenters. The van der Waals surface area contributed by atoms with Gasteiger partial charge < -0.3 is 4.74 Å². The summed E-state index contributed by atoms with van der Waals surface area (Å²) in [6.07, 6.45) is 1.70. The third-order valence-electron chi connectivity index (χ3n) is 3.79. The van der Waals surface area contributed by atoms with E-state index in [2.05, 4.69) is 4.98 Å². The molecule has 0 aliphatic heterocycles. The molecule has 0 amide bonds. The summed E-state index contributed by atoms with van der Waals surface area (Å²) in [7, 11) is 0. The van der Waals surface area contributed by atoms with E-state index in [1.807, 2.05) is 42.5 Å². The van der Waals surface area contributed by atoms with Crippen LogP contribution in [0.3, 0.4) is 0 Å². The molecule has 0 aliphatic carbocycles. The van der Waals surface area contributed by atoms with Gasteiger partial charge in [0.2, 0.25) is 0 Å². The van der Waals surface area contributed by atoms with Crippen LogP contribution in [0, 0.1) is 0 Å². The van der Waals surface area contributed by atoms with E-state index < -0.39 is 5.97 Å². The average molecular weight is 319 g/mol. The molecular formula is C20H17NO3.